The Kier molecular flexibility index (Phi) is 6.77. The molecule has 0 unspecified atom stereocenters. The van der Waals surface area contributed by atoms with Crippen LogP contribution in [0.2, 0.25) is 0 Å². The lowest BCUT2D eigenvalue weighted by molar-refractivity contribution is 0.214. The smallest absolute Gasteiger partial charge is 0.235 e. The van der Waals surface area contributed by atoms with Crippen LogP contribution in [-0.4, -0.2) is 27.4 Å². The summed E-state index contributed by atoms with van der Waals surface area (Å²) in [5, 5.41) is 0.504. The van der Waals surface area contributed by atoms with Gasteiger partial charge in [-0.3, -0.25) is 4.79 Å². The van der Waals surface area contributed by atoms with E-state index in [1.165, 1.54) is 0 Å². The highest BCUT2D eigenvalue weighted by Gasteiger charge is 2.20. The van der Waals surface area contributed by atoms with Crippen LogP contribution in [0.3, 0.4) is 0 Å². The summed E-state index contributed by atoms with van der Waals surface area (Å²) in [6.45, 7) is 6.33. The maximum Gasteiger partial charge on any atom is 0.235 e. The van der Waals surface area contributed by atoms with Crippen LogP contribution in [0, 0.1) is 20.8 Å². The minimum atomic E-state index is -0.223. The van der Waals surface area contributed by atoms with E-state index in [0.29, 0.717) is 33.8 Å². The van der Waals surface area contributed by atoms with Gasteiger partial charge in [-0.05, 0) is 68.3 Å². The van der Waals surface area contributed by atoms with Gasteiger partial charge < -0.3 is 23.4 Å². The van der Waals surface area contributed by atoms with Crippen molar-refractivity contribution >= 4 is 11.0 Å². The summed E-state index contributed by atoms with van der Waals surface area (Å²) in [7, 11) is 3.13. The molecule has 0 amide bonds. The van der Waals surface area contributed by atoms with Gasteiger partial charge in [-0.25, -0.2) is 0 Å². The second-order valence-electron chi connectivity index (χ2n) is 8.12. The Morgan fingerprint density at radius 1 is 0.765 bits per heavy atom. The van der Waals surface area contributed by atoms with Crippen molar-refractivity contribution in [2.45, 2.75) is 20.8 Å². The lowest BCUT2D eigenvalue weighted by atomic mass is 10.0. The summed E-state index contributed by atoms with van der Waals surface area (Å²) in [5.41, 5.74) is 3.93. The van der Waals surface area contributed by atoms with Gasteiger partial charge in [0.2, 0.25) is 11.2 Å². The molecule has 0 spiro atoms. The fraction of sp³-hybridized carbons (Fsp3) is 0.250. The molecule has 0 aliphatic carbocycles. The van der Waals surface area contributed by atoms with Crippen molar-refractivity contribution in [2.75, 3.05) is 27.4 Å². The molecule has 0 saturated heterocycles. The van der Waals surface area contributed by atoms with Crippen molar-refractivity contribution in [3.05, 3.63) is 81.5 Å². The fourth-order valence-corrected chi connectivity index (χ4v) is 3.91. The quantitative estimate of drug-likeness (QED) is 0.307. The number of ether oxygens (including phenoxy) is 4. The number of hydrogen-bond donors (Lipinski definition) is 0. The Morgan fingerprint density at radius 3 is 2.18 bits per heavy atom. The van der Waals surface area contributed by atoms with E-state index in [4.69, 9.17) is 23.4 Å². The maximum atomic E-state index is 13.6. The predicted molar refractivity (Wildman–Crippen MR) is 133 cm³/mol. The standard InChI is InChI=1S/C28H28O6/c1-17-6-9-21(10-7-17)32-12-13-33-28-26(29)25-19(3)14-18(2)15-24(25)34-27(28)20-8-11-22(30-4)23(16-20)31-5/h6-11,14-16H,12-13H2,1-5H3. The molecule has 3 aromatic carbocycles. The highest BCUT2D eigenvalue weighted by atomic mass is 16.5. The Balaban J connectivity index is 1.73. The third-order valence-electron chi connectivity index (χ3n) is 5.56. The van der Waals surface area contributed by atoms with Crippen LogP contribution < -0.4 is 24.4 Å². The van der Waals surface area contributed by atoms with Gasteiger partial charge in [-0.2, -0.15) is 0 Å². The van der Waals surface area contributed by atoms with Gasteiger partial charge in [0, 0.05) is 5.56 Å². The van der Waals surface area contributed by atoms with Crippen LogP contribution in [-0.2, 0) is 0 Å². The Labute approximate surface area is 198 Å². The Hall–Kier alpha value is -3.93. The molecule has 0 radical (unpaired) electrons. The first-order valence-corrected chi connectivity index (χ1v) is 11.0. The fourth-order valence-electron chi connectivity index (χ4n) is 3.91. The molecule has 0 fully saturated rings. The van der Waals surface area contributed by atoms with Gasteiger partial charge in [-0.15, -0.1) is 0 Å². The molecule has 0 aliphatic rings. The van der Waals surface area contributed by atoms with Crippen molar-refractivity contribution in [1.29, 1.82) is 0 Å². The molecule has 0 saturated carbocycles. The van der Waals surface area contributed by atoms with Crippen LogP contribution >= 0.6 is 0 Å². The van der Waals surface area contributed by atoms with E-state index in [-0.39, 0.29) is 24.4 Å². The molecule has 6 nitrogen and oxygen atoms in total. The molecule has 1 aromatic heterocycles. The number of fused-ring (bicyclic) bond motifs is 1. The molecule has 34 heavy (non-hydrogen) atoms. The van der Waals surface area contributed by atoms with Gasteiger partial charge in [0.05, 0.1) is 19.6 Å². The average molecular weight is 461 g/mol. The zero-order valence-corrected chi connectivity index (χ0v) is 20.1. The second-order valence-corrected chi connectivity index (χ2v) is 8.12. The molecule has 4 aromatic rings. The lowest BCUT2D eigenvalue weighted by Gasteiger charge is -2.15. The summed E-state index contributed by atoms with van der Waals surface area (Å²) in [5.74, 6) is 2.32. The van der Waals surface area contributed by atoms with E-state index < -0.39 is 0 Å². The summed E-state index contributed by atoms with van der Waals surface area (Å²) in [4.78, 5) is 13.6. The summed E-state index contributed by atoms with van der Waals surface area (Å²) in [6.07, 6.45) is 0. The number of aryl methyl sites for hydroxylation is 3. The molecule has 0 bridgehead atoms. The molecular formula is C28H28O6. The first-order chi connectivity index (χ1) is 16.4. The van der Waals surface area contributed by atoms with Crippen molar-refractivity contribution in [3.8, 4) is 34.3 Å². The number of benzene rings is 3. The van der Waals surface area contributed by atoms with E-state index >= 15 is 0 Å². The SMILES string of the molecule is COc1ccc(-c2oc3cc(C)cc(C)c3c(=O)c2OCCOc2ccc(C)cc2)cc1OC. The van der Waals surface area contributed by atoms with Gasteiger partial charge in [0.25, 0.3) is 0 Å². The van der Waals surface area contributed by atoms with Crippen molar-refractivity contribution in [2.24, 2.45) is 0 Å². The van der Waals surface area contributed by atoms with Crippen molar-refractivity contribution < 1.29 is 23.4 Å². The highest BCUT2D eigenvalue weighted by Crippen LogP contribution is 2.37. The second kappa shape index (κ2) is 9.91. The van der Waals surface area contributed by atoms with Gasteiger partial charge in [0.1, 0.15) is 24.5 Å². The first kappa shape index (κ1) is 23.2. The van der Waals surface area contributed by atoms with Crippen molar-refractivity contribution in [3.63, 3.8) is 0 Å². The molecule has 176 valence electrons. The summed E-state index contributed by atoms with van der Waals surface area (Å²) < 4.78 is 28.8. The number of hydrogen-bond acceptors (Lipinski definition) is 6. The minimum absolute atomic E-state index is 0.138. The number of methoxy groups -OCH3 is 2. The largest absolute Gasteiger partial charge is 0.493 e. The van der Waals surface area contributed by atoms with Gasteiger partial charge >= 0.3 is 0 Å². The van der Waals surface area contributed by atoms with Crippen LogP contribution in [0.4, 0.5) is 0 Å². The van der Waals surface area contributed by atoms with Gasteiger partial charge in [-0.1, -0.05) is 23.8 Å². The maximum absolute atomic E-state index is 13.6. The van der Waals surface area contributed by atoms with Crippen LogP contribution in [0.15, 0.2) is 63.8 Å². The monoisotopic (exact) mass is 460 g/mol. The summed E-state index contributed by atoms with van der Waals surface area (Å²) in [6, 6.07) is 16.9. The average Bonchev–Trinajstić information content (AvgIpc) is 2.82. The Morgan fingerprint density at radius 2 is 1.47 bits per heavy atom. The Bertz CT molecular complexity index is 1370. The van der Waals surface area contributed by atoms with Gasteiger partial charge in [0.15, 0.2) is 17.3 Å². The highest BCUT2D eigenvalue weighted by molar-refractivity contribution is 5.85. The topological polar surface area (TPSA) is 67.1 Å². The third kappa shape index (κ3) is 4.71. The van der Waals surface area contributed by atoms with Crippen molar-refractivity contribution in [1.82, 2.24) is 0 Å². The summed E-state index contributed by atoms with van der Waals surface area (Å²) >= 11 is 0. The molecule has 0 N–H and O–H groups in total. The van der Waals surface area contributed by atoms with Crippen LogP contribution in [0.25, 0.3) is 22.3 Å². The molecule has 6 heteroatoms. The van der Waals surface area contributed by atoms with Crippen LogP contribution in [0.5, 0.6) is 23.0 Å². The normalized spacial score (nSPS) is 10.9. The third-order valence-corrected chi connectivity index (χ3v) is 5.56. The lowest BCUT2D eigenvalue weighted by Crippen LogP contribution is -2.16. The zero-order valence-electron chi connectivity index (χ0n) is 20.1. The number of rotatable bonds is 8. The van der Waals surface area contributed by atoms with Crippen LogP contribution in [0.1, 0.15) is 16.7 Å². The van der Waals surface area contributed by atoms with E-state index in [9.17, 15) is 4.79 Å². The van der Waals surface area contributed by atoms with E-state index in [0.717, 1.165) is 22.4 Å². The van der Waals surface area contributed by atoms with E-state index in [2.05, 4.69) is 0 Å². The minimum Gasteiger partial charge on any atom is -0.493 e. The zero-order chi connectivity index (χ0) is 24.2. The van der Waals surface area contributed by atoms with E-state index in [1.807, 2.05) is 63.2 Å². The van der Waals surface area contributed by atoms with E-state index in [1.54, 1.807) is 26.4 Å². The molecular weight excluding hydrogens is 432 g/mol. The first-order valence-electron chi connectivity index (χ1n) is 11.0. The predicted octanol–water partition coefficient (Wildman–Crippen LogP) is 5.86. The molecule has 0 atom stereocenters. The molecule has 0 aliphatic heterocycles. The molecule has 1 heterocycles. The molecule has 4 rings (SSSR count).